The summed E-state index contributed by atoms with van der Waals surface area (Å²) >= 11 is 5.38. The molecule has 2 aliphatic rings. The highest BCUT2D eigenvalue weighted by molar-refractivity contribution is 7.80. The van der Waals surface area contributed by atoms with Crippen LogP contribution in [0.15, 0.2) is 34.0 Å². The van der Waals surface area contributed by atoms with Crippen LogP contribution in [0.2, 0.25) is 0 Å². The maximum atomic E-state index is 11.7. The number of ether oxygens (including phenoxy) is 5. The predicted molar refractivity (Wildman–Crippen MR) is 149 cm³/mol. The minimum atomic E-state index is -0.391. The van der Waals surface area contributed by atoms with E-state index in [0.29, 0.717) is 71.6 Å². The lowest BCUT2D eigenvalue weighted by Crippen LogP contribution is -2.35. The van der Waals surface area contributed by atoms with Gasteiger partial charge in [0, 0.05) is 26.1 Å². The van der Waals surface area contributed by atoms with Gasteiger partial charge in [-0.15, -0.1) is 0 Å². The number of aromatic hydroxyl groups is 1. The highest BCUT2D eigenvalue weighted by Gasteiger charge is 2.36. The van der Waals surface area contributed by atoms with E-state index in [4.69, 9.17) is 51.2 Å². The Balaban J connectivity index is 1.61. The number of nitrogens with zero attached hydrogens (tertiary/aromatic N) is 3. The number of morpholine rings is 1. The van der Waals surface area contributed by atoms with Crippen LogP contribution in [-0.4, -0.2) is 80.6 Å². The number of furan rings is 1. The van der Waals surface area contributed by atoms with Gasteiger partial charge in [0.05, 0.1) is 76.2 Å². The summed E-state index contributed by atoms with van der Waals surface area (Å²) in [6.45, 7) is 3.26. The van der Waals surface area contributed by atoms with Crippen molar-refractivity contribution >= 4 is 34.0 Å². The van der Waals surface area contributed by atoms with Crippen LogP contribution >= 0.6 is 12.2 Å². The monoisotopic (exact) mass is 556 g/mol. The third kappa shape index (κ3) is 4.79. The zero-order chi connectivity index (χ0) is 27.7. The number of fused-ring (bicyclic) bond motifs is 1. The van der Waals surface area contributed by atoms with Crippen LogP contribution in [0.4, 0.5) is 0 Å². The van der Waals surface area contributed by atoms with Crippen LogP contribution in [0, 0.1) is 0 Å². The Kier molecular flexibility index (Phi) is 7.69. The minimum Gasteiger partial charge on any atom is -0.507 e. The molecule has 0 spiro atoms. The van der Waals surface area contributed by atoms with Gasteiger partial charge in [-0.3, -0.25) is 4.90 Å². The van der Waals surface area contributed by atoms with Gasteiger partial charge in [0.1, 0.15) is 17.1 Å². The summed E-state index contributed by atoms with van der Waals surface area (Å²) in [5.41, 5.74) is 9.22. The average Bonchev–Trinajstić information content (AvgIpc) is 3.62. The first-order chi connectivity index (χ1) is 18.9. The number of hydrogen-bond donors (Lipinski definition) is 2. The van der Waals surface area contributed by atoms with E-state index in [1.807, 2.05) is 18.2 Å². The number of hydrogen-bond acceptors (Lipinski definition) is 10. The second-order valence-corrected chi connectivity index (χ2v) is 9.61. The molecule has 0 radical (unpaired) electrons. The van der Waals surface area contributed by atoms with Crippen molar-refractivity contribution in [1.82, 2.24) is 9.91 Å². The topological polar surface area (TPSA) is 124 Å². The summed E-state index contributed by atoms with van der Waals surface area (Å²) in [5.74, 6) is 1.98. The summed E-state index contributed by atoms with van der Waals surface area (Å²) < 4.78 is 33.7. The molecule has 1 fully saturated rings. The lowest BCUT2D eigenvalue weighted by molar-refractivity contribution is 0.0339. The SMILES string of the molecule is COc1cc(C2CC(c3c(O)c(CN4CCOCC4)c4occc4c3OC)=NN2C(N)=S)cc(OC)c1OC. The zero-order valence-corrected chi connectivity index (χ0v) is 23.2. The van der Waals surface area contributed by atoms with Crippen molar-refractivity contribution in [1.29, 1.82) is 0 Å². The van der Waals surface area contributed by atoms with Crippen LogP contribution in [-0.2, 0) is 11.3 Å². The van der Waals surface area contributed by atoms with Gasteiger partial charge < -0.3 is 38.9 Å². The summed E-state index contributed by atoms with van der Waals surface area (Å²) in [6.07, 6.45) is 1.97. The predicted octanol–water partition coefficient (Wildman–Crippen LogP) is 3.40. The molecule has 5 rings (SSSR count). The van der Waals surface area contributed by atoms with E-state index in [0.717, 1.165) is 24.0 Å². The second kappa shape index (κ2) is 11.2. The molecular weight excluding hydrogens is 524 g/mol. The molecule has 11 nitrogen and oxygen atoms in total. The number of thiocarbonyl (C=S) groups is 1. The van der Waals surface area contributed by atoms with Crippen molar-refractivity contribution in [2.45, 2.75) is 19.0 Å². The van der Waals surface area contributed by atoms with Crippen LogP contribution in [0.1, 0.15) is 29.2 Å². The Bertz CT molecular complexity index is 1390. The molecule has 0 aliphatic carbocycles. The number of phenols is 1. The lowest BCUT2D eigenvalue weighted by atomic mass is 9.94. The minimum absolute atomic E-state index is 0.0490. The number of hydrazone groups is 1. The Morgan fingerprint density at radius 1 is 1.08 bits per heavy atom. The highest BCUT2D eigenvalue weighted by atomic mass is 32.1. The standard InChI is InChI=1S/C27H32N4O7S/c1-33-20-11-15(12-21(34-2)26(20)36-4)19-13-18(29-31(19)27(28)39)22-23(32)17(14-30-6-9-37-10-7-30)24-16(5-8-38-24)25(22)35-3/h5,8,11-12,19,32H,6-7,9-10,13-14H2,1-4H3,(H2,28,39). The Morgan fingerprint density at radius 3 is 2.33 bits per heavy atom. The number of rotatable bonds is 8. The van der Waals surface area contributed by atoms with E-state index in [1.165, 1.54) is 0 Å². The maximum Gasteiger partial charge on any atom is 0.203 e. The van der Waals surface area contributed by atoms with Crippen LogP contribution in [0.25, 0.3) is 11.0 Å². The van der Waals surface area contributed by atoms with Crippen LogP contribution in [0.5, 0.6) is 28.7 Å². The average molecular weight is 557 g/mol. The fourth-order valence-corrected chi connectivity index (χ4v) is 5.42. The fraction of sp³-hybridized carbons (Fsp3) is 0.407. The first-order valence-electron chi connectivity index (χ1n) is 12.5. The van der Waals surface area contributed by atoms with Crippen molar-refractivity contribution in [2.24, 2.45) is 10.8 Å². The number of nitrogens with two attached hydrogens (primary N) is 1. The normalized spacial score (nSPS) is 17.8. The Morgan fingerprint density at radius 2 is 1.74 bits per heavy atom. The molecule has 3 N–H and O–H groups in total. The third-order valence-electron chi connectivity index (χ3n) is 7.12. The van der Waals surface area contributed by atoms with Crippen LogP contribution in [0.3, 0.4) is 0 Å². The lowest BCUT2D eigenvalue weighted by Gasteiger charge is -2.27. The van der Waals surface area contributed by atoms with Gasteiger partial charge in [-0.25, -0.2) is 5.01 Å². The molecule has 39 heavy (non-hydrogen) atoms. The summed E-state index contributed by atoms with van der Waals surface area (Å²) in [5, 5.41) is 18.9. The fourth-order valence-electron chi connectivity index (χ4n) is 5.25. The zero-order valence-electron chi connectivity index (χ0n) is 22.4. The van der Waals surface area contributed by atoms with E-state index in [-0.39, 0.29) is 10.9 Å². The molecular formula is C27H32N4O7S. The molecule has 2 aromatic carbocycles. The van der Waals surface area contributed by atoms with Gasteiger partial charge in [-0.2, -0.15) is 5.10 Å². The second-order valence-electron chi connectivity index (χ2n) is 9.20. The van der Waals surface area contributed by atoms with Crippen molar-refractivity contribution in [3.8, 4) is 28.7 Å². The molecule has 1 aromatic heterocycles. The van der Waals surface area contributed by atoms with Gasteiger partial charge in [0.25, 0.3) is 0 Å². The van der Waals surface area contributed by atoms with E-state index in [1.54, 1.807) is 39.7 Å². The summed E-state index contributed by atoms with van der Waals surface area (Å²) in [7, 11) is 6.22. The summed E-state index contributed by atoms with van der Waals surface area (Å²) in [6, 6.07) is 5.13. The molecule has 0 saturated carbocycles. The molecule has 1 atom stereocenters. The van der Waals surface area contributed by atoms with Crippen molar-refractivity contribution in [2.75, 3.05) is 54.7 Å². The van der Waals surface area contributed by atoms with Crippen LogP contribution < -0.4 is 24.7 Å². The van der Waals surface area contributed by atoms with E-state index in [2.05, 4.69) is 4.90 Å². The first kappa shape index (κ1) is 26.9. The van der Waals surface area contributed by atoms with E-state index in [9.17, 15) is 5.11 Å². The van der Waals surface area contributed by atoms with Crippen molar-refractivity contribution in [3.05, 3.63) is 41.2 Å². The highest BCUT2D eigenvalue weighted by Crippen LogP contribution is 2.47. The smallest absolute Gasteiger partial charge is 0.203 e. The van der Waals surface area contributed by atoms with Crippen molar-refractivity contribution < 1.29 is 33.2 Å². The molecule has 3 heterocycles. The maximum absolute atomic E-state index is 11.7. The van der Waals surface area contributed by atoms with E-state index < -0.39 is 6.04 Å². The quantitative estimate of drug-likeness (QED) is 0.397. The van der Waals surface area contributed by atoms with Gasteiger partial charge in [-0.05, 0) is 36.0 Å². The molecule has 208 valence electrons. The van der Waals surface area contributed by atoms with Gasteiger partial charge in [0.2, 0.25) is 5.75 Å². The number of benzene rings is 2. The van der Waals surface area contributed by atoms with Gasteiger partial charge in [0.15, 0.2) is 16.6 Å². The summed E-state index contributed by atoms with van der Waals surface area (Å²) in [4.78, 5) is 2.22. The molecule has 0 amide bonds. The van der Waals surface area contributed by atoms with E-state index >= 15 is 0 Å². The Labute approximate surface area is 231 Å². The van der Waals surface area contributed by atoms with Gasteiger partial charge in [-0.1, -0.05) is 0 Å². The van der Waals surface area contributed by atoms with Gasteiger partial charge >= 0.3 is 0 Å². The molecule has 0 bridgehead atoms. The number of methoxy groups -OCH3 is 4. The third-order valence-corrected chi connectivity index (χ3v) is 7.31. The number of phenolic OH excluding ortho intramolecular Hbond substituents is 1. The Hall–Kier alpha value is -3.74. The molecule has 12 heteroatoms. The largest absolute Gasteiger partial charge is 0.507 e. The molecule has 3 aromatic rings. The molecule has 1 saturated heterocycles. The first-order valence-corrected chi connectivity index (χ1v) is 12.9. The molecule has 2 aliphatic heterocycles. The molecule has 1 unspecified atom stereocenters. The van der Waals surface area contributed by atoms with Crippen molar-refractivity contribution in [3.63, 3.8) is 0 Å².